The maximum absolute atomic E-state index is 12.0. The fourth-order valence-corrected chi connectivity index (χ4v) is 3.35. The molecule has 0 heterocycles. The first kappa shape index (κ1) is 17.9. The fraction of sp³-hybridized carbons (Fsp3) is 0.133. The molecule has 0 saturated heterocycles. The monoisotopic (exact) mass is 416 g/mol. The zero-order chi connectivity index (χ0) is 16.9. The minimum Gasteiger partial charge on any atom is -0.351 e. The molecule has 23 heavy (non-hydrogen) atoms. The highest BCUT2D eigenvalue weighted by Crippen LogP contribution is 2.13. The third kappa shape index (κ3) is 5.31. The lowest BCUT2D eigenvalue weighted by Gasteiger charge is -2.08. The number of carbonyl (C=O) groups is 1. The number of nitrogens with one attached hydrogen (secondary N) is 2. The Labute approximate surface area is 148 Å². The largest absolute Gasteiger partial charge is 0.351 e. The third-order valence-electron chi connectivity index (χ3n) is 2.91. The Morgan fingerprint density at radius 2 is 1.78 bits per heavy atom. The van der Waals surface area contributed by atoms with E-state index in [4.69, 9.17) is 11.6 Å². The SMILES string of the molecule is O=C(NCCNS(=O)(=O)c1ccc(Cl)cc1)c1cccc(Br)c1. The van der Waals surface area contributed by atoms with Crippen molar-refractivity contribution in [1.29, 1.82) is 0 Å². The van der Waals surface area contributed by atoms with E-state index in [0.717, 1.165) is 4.47 Å². The average Bonchev–Trinajstić information content (AvgIpc) is 2.52. The number of sulfonamides is 1. The van der Waals surface area contributed by atoms with Crippen LogP contribution in [0, 0.1) is 0 Å². The van der Waals surface area contributed by atoms with Crippen molar-refractivity contribution in [2.75, 3.05) is 13.1 Å². The molecule has 0 unspecified atom stereocenters. The van der Waals surface area contributed by atoms with Crippen LogP contribution in [0.25, 0.3) is 0 Å². The Kier molecular flexibility index (Phi) is 6.17. The Morgan fingerprint density at radius 1 is 1.09 bits per heavy atom. The van der Waals surface area contributed by atoms with Crippen molar-refractivity contribution in [2.24, 2.45) is 0 Å². The number of amides is 1. The van der Waals surface area contributed by atoms with E-state index in [1.807, 2.05) is 6.07 Å². The zero-order valence-corrected chi connectivity index (χ0v) is 15.1. The first-order valence-electron chi connectivity index (χ1n) is 6.67. The van der Waals surface area contributed by atoms with Gasteiger partial charge < -0.3 is 5.32 Å². The van der Waals surface area contributed by atoms with Gasteiger partial charge in [-0.15, -0.1) is 0 Å². The van der Waals surface area contributed by atoms with Gasteiger partial charge in [0.1, 0.15) is 0 Å². The van der Waals surface area contributed by atoms with Crippen LogP contribution < -0.4 is 10.0 Å². The van der Waals surface area contributed by atoms with Gasteiger partial charge in [-0.2, -0.15) is 0 Å². The van der Waals surface area contributed by atoms with E-state index in [-0.39, 0.29) is 23.9 Å². The fourth-order valence-electron chi connectivity index (χ4n) is 1.79. The van der Waals surface area contributed by atoms with Crippen LogP contribution in [0.5, 0.6) is 0 Å². The molecule has 0 spiro atoms. The first-order chi connectivity index (χ1) is 10.9. The van der Waals surface area contributed by atoms with E-state index in [2.05, 4.69) is 26.0 Å². The third-order valence-corrected chi connectivity index (χ3v) is 5.14. The van der Waals surface area contributed by atoms with Crippen molar-refractivity contribution >= 4 is 43.5 Å². The van der Waals surface area contributed by atoms with Gasteiger partial charge in [-0.1, -0.05) is 33.6 Å². The van der Waals surface area contributed by atoms with Gasteiger partial charge in [-0.3, -0.25) is 4.79 Å². The minimum atomic E-state index is -3.61. The molecule has 0 fully saturated rings. The van der Waals surface area contributed by atoms with E-state index < -0.39 is 10.0 Å². The number of benzene rings is 2. The topological polar surface area (TPSA) is 75.3 Å². The van der Waals surface area contributed by atoms with Gasteiger partial charge in [-0.05, 0) is 42.5 Å². The quantitative estimate of drug-likeness (QED) is 0.710. The van der Waals surface area contributed by atoms with Crippen LogP contribution in [0.15, 0.2) is 57.9 Å². The Hall–Kier alpha value is -1.41. The van der Waals surface area contributed by atoms with E-state index in [1.165, 1.54) is 24.3 Å². The molecule has 0 saturated carbocycles. The first-order valence-corrected chi connectivity index (χ1v) is 9.33. The van der Waals surface area contributed by atoms with Crippen molar-refractivity contribution < 1.29 is 13.2 Å². The van der Waals surface area contributed by atoms with Gasteiger partial charge in [0.25, 0.3) is 5.91 Å². The molecule has 2 aromatic carbocycles. The summed E-state index contributed by atoms with van der Waals surface area (Å²) in [5.74, 6) is -0.267. The summed E-state index contributed by atoms with van der Waals surface area (Å²) in [6.07, 6.45) is 0. The molecule has 8 heteroatoms. The van der Waals surface area contributed by atoms with Crippen LogP contribution >= 0.6 is 27.5 Å². The summed E-state index contributed by atoms with van der Waals surface area (Å²) in [4.78, 5) is 12.0. The number of rotatable bonds is 6. The van der Waals surface area contributed by atoms with E-state index in [9.17, 15) is 13.2 Å². The predicted molar refractivity (Wildman–Crippen MR) is 93.1 cm³/mol. The number of hydrogen-bond donors (Lipinski definition) is 2. The van der Waals surface area contributed by atoms with Crippen LogP contribution in [0.4, 0.5) is 0 Å². The van der Waals surface area contributed by atoms with Gasteiger partial charge in [0.05, 0.1) is 4.90 Å². The van der Waals surface area contributed by atoms with Crippen molar-refractivity contribution in [3.05, 3.63) is 63.6 Å². The van der Waals surface area contributed by atoms with Crippen molar-refractivity contribution in [3.8, 4) is 0 Å². The van der Waals surface area contributed by atoms with E-state index in [0.29, 0.717) is 10.6 Å². The summed E-state index contributed by atoms with van der Waals surface area (Å²) in [5, 5.41) is 3.11. The molecule has 5 nitrogen and oxygen atoms in total. The summed E-state index contributed by atoms with van der Waals surface area (Å²) in [6, 6.07) is 12.8. The Bertz CT molecular complexity index is 795. The molecule has 0 bridgehead atoms. The molecule has 0 radical (unpaired) electrons. The van der Waals surface area contributed by atoms with E-state index in [1.54, 1.807) is 18.2 Å². The normalized spacial score (nSPS) is 11.2. The molecule has 0 aliphatic carbocycles. The van der Waals surface area contributed by atoms with Crippen LogP contribution in [-0.4, -0.2) is 27.4 Å². The highest BCUT2D eigenvalue weighted by Gasteiger charge is 2.13. The van der Waals surface area contributed by atoms with Crippen LogP contribution in [0.3, 0.4) is 0 Å². The zero-order valence-electron chi connectivity index (χ0n) is 11.9. The molecule has 1 amide bonds. The molecular formula is C15H14BrClN2O3S. The second-order valence-electron chi connectivity index (χ2n) is 4.62. The summed E-state index contributed by atoms with van der Waals surface area (Å²) in [5.41, 5.74) is 0.500. The molecule has 122 valence electrons. The molecule has 0 aliphatic rings. The maximum atomic E-state index is 12.0. The summed E-state index contributed by atoms with van der Waals surface area (Å²) in [6.45, 7) is 0.267. The average molecular weight is 418 g/mol. The molecule has 0 aliphatic heterocycles. The maximum Gasteiger partial charge on any atom is 0.251 e. The second kappa shape index (κ2) is 7.92. The van der Waals surface area contributed by atoms with Crippen LogP contribution in [0.2, 0.25) is 5.02 Å². The highest BCUT2D eigenvalue weighted by atomic mass is 79.9. The molecule has 2 rings (SSSR count). The Balaban J connectivity index is 1.85. The Morgan fingerprint density at radius 3 is 2.43 bits per heavy atom. The van der Waals surface area contributed by atoms with Gasteiger partial charge in [0, 0.05) is 28.1 Å². The lowest BCUT2D eigenvalue weighted by molar-refractivity contribution is 0.0954. The molecule has 2 N–H and O–H groups in total. The van der Waals surface area contributed by atoms with Gasteiger partial charge in [0.2, 0.25) is 10.0 Å². The number of halogens is 2. The molecule has 2 aromatic rings. The van der Waals surface area contributed by atoms with E-state index >= 15 is 0 Å². The molecule has 0 atom stereocenters. The van der Waals surface area contributed by atoms with Crippen LogP contribution in [0.1, 0.15) is 10.4 Å². The van der Waals surface area contributed by atoms with Crippen LogP contribution in [-0.2, 0) is 10.0 Å². The number of hydrogen-bond acceptors (Lipinski definition) is 3. The van der Waals surface area contributed by atoms with Gasteiger partial charge in [-0.25, -0.2) is 13.1 Å². The second-order valence-corrected chi connectivity index (χ2v) is 7.74. The van der Waals surface area contributed by atoms with Crippen molar-refractivity contribution in [2.45, 2.75) is 4.90 Å². The summed E-state index contributed by atoms with van der Waals surface area (Å²) < 4.78 is 27.3. The van der Waals surface area contributed by atoms with Gasteiger partial charge >= 0.3 is 0 Å². The standard InChI is InChI=1S/C15H14BrClN2O3S/c16-12-3-1-2-11(10-12)15(20)18-8-9-19-23(21,22)14-6-4-13(17)5-7-14/h1-7,10,19H,8-9H2,(H,18,20). The summed E-state index contributed by atoms with van der Waals surface area (Å²) >= 11 is 9.01. The lowest BCUT2D eigenvalue weighted by atomic mass is 10.2. The van der Waals surface area contributed by atoms with Crippen molar-refractivity contribution in [3.63, 3.8) is 0 Å². The molecule has 0 aromatic heterocycles. The highest BCUT2D eigenvalue weighted by molar-refractivity contribution is 9.10. The molecular weight excluding hydrogens is 404 g/mol. The van der Waals surface area contributed by atoms with Gasteiger partial charge in [0.15, 0.2) is 0 Å². The van der Waals surface area contributed by atoms with Crippen molar-refractivity contribution in [1.82, 2.24) is 10.0 Å². The summed E-state index contributed by atoms with van der Waals surface area (Å²) in [7, 11) is -3.61. The minimum absolute atomic E-state index is 0.0880. The lowest BCUT2D eigenvalue weighted by Crippen LogP contribution is -2.34. The predicted octanol–water partition coefficient (Wildman–Crippen LogP) is 2.81. The smallest absolute Gasteiger partial charge is 0.251 e. The number of carbonyl (C=O) groups excluding carboxylic acids is 1.